The van der Waals surface area contributed by atoms with Crippen molar-refractivity contribution >= 4 is 11.9 Å². The quantitative estimate of drug-likeness (QED) is 0.147. The molecule has 0 spiro atoms. The molecule has 3 atom stereocenters. The summed E-state index contributed by atoms with van der Waals surface area (Å²) in [4.78, 5) is 23.7. The number of cyclic esters (lactones) is 1. The first kappa shape index (κ1) is 29.3. The van der Waals surface area contributed by atoms with Gasteiger partial charge in [-0.25, -0.2) is 4.79 Å². The lowest BCUT2D eigenvalue weighted by atomic mass is 9.91. The lowest BCUT2D eigenvalue weighted by Crippen LogP contribution is -2.33. The first-order valence-electron chi connectivity index (χ1n) is 13.1. The van der Waals surface area contributed by atoms with E-state index in [0.29, 0.717) is 6.42 Å². The number of hydrogen-bond acceptors (Lipinski definition) is 7. The summed E-state index contributed by atoms with van der Waals surface area (Å²) in [6, 6.07) is 0. The summed E-state index contributed by atoms with van der Waals surface area (Å²) in [6.07, 6.45) is 15.4. The second kappa shape index (κ2) is 17.7. The Labute approximate surface area is 199 Å². The van der Waals surface area contributed by atoms with Crippen LogP contribution in [0.3, 0.4) is 0 Å². The minimum atomic E-state index is -1.43. The molecule has 7 nitrogen and oxygen atoms in total. The number of hydrogen-bond donors (Lipinski definition) is 3. The van der Waals surface area contributed by atoms with Crippen LogP contribution in [0.1, 0.15) is 117 Å². The van der Waals surface area contributed by atoms with Crippen LogP contribution in [0.25, 0.3) is 0 Å². The summed E-state index contributed by atoms with van der Waals surface area (Å²) in [5, 5.41) is 29.1. The summed E-state index contributed by atoms with van der Waals surface area (Å²) in [5.41, 5.74) is 0. The Hall–Kier alpha value is -1.76. The maximum atomic E-state index is 12.4. The molecular weight excluding hydrogens is 424 g/mol. The molecule has 0 aliphatic carbocycles. The highest BCUT2D eigenvalue weighted by molar-refractivity contribution is 5.89. The van der Waals surface area contributed by atoms with Crippen LogP contribution in [-0.2, 0) is 19.1 Å². The monoisotopic (exact) mass is 470 g/mol. The fourth-order valence-electron chi connectivity index (χ4n) is 4.24. The van der Waals surface area contributed by atoms with Crippen molar-refractivity contribution in [1.82, 2.24) is 0 Å². The maximum absolute atomic E-state index is 12.4. The van der Waals surface area contributed by atoms with Gasteiger partial charge in [-0.15, -0.1) is 0 Å². The Balaban J connectivity index is 2.39. The van der Waals surface area contributed by atoms with Crippen LogP contribution in [-0.4, -0.2) is 46.1 Å². The number of esters is 2. The highest BCUT2D eigenvalue weighted by Gasteiger charge is 2.39. The van der Waals surface area contributed by atoms with Gasteiger partial charge in [0, 0.05) is 6.42 Å². The molecule has 1 rings (SSSR count). The topological polar surface area (TPSA) is 113 Å². The zero-order chi connectivity index (χ0) is 24.5. The standard InChI is InChI=1S/C26H46O7/c1-3-5-7-9-11-13-15-17-20(16-14-12-10-8-6-4-2)18-22(28)32-19-21(27)25-23(29)24(30)26(31)33-25/h20-21,25,27,29-30H,3-19H2,1-2H3/t20?,21-,25+/m0/s1. The Bertz CT molecular complexity index is 587. The number of carbonyl (C=O) groups excluding carboxylic acids is 2. The smallest absolute Gasteiger partial charge is 0.377 e. The van der Waals surface area contributed by atoms with Gasteiger partial charge in [0.05, 0.1) is 0 Å². The Morgan fingerprint density at radius 2 is 1.36 bits per heavy atom. The molecule has 0 fully saturated rings. The number of rotatable bonds is 20. The van der Waals surface area contributed by atoms with Gasteiger partial charge in [0.25, 0.3) is 0 Å². The molecule has 0 saturated heterocycles. The molecule has 33 heavy (non-hydrogen) atoms. The largest absolute Gasteiger partial charge is 0.505 e. The third kappa shape index (κ3) is 12.3. The second-order valence-electron chi connectivity index (χ2n) is 9.35. The van der Waals surface area contributed by atoms with Crippen LogP contribution < -0.4 is 0 Å². The van der Waals surface area contributed by atoms with Crippen molar-refractivity contribution in [3.63, 3.8) is 0 Å². The maximum Gasteiger partial charge on any atom is 0.377 e. The lowest BCUT2D eigenvalue weighted by molar-refractivity contribution is -0.155. The van der Waals surface area contributed by atoms with Gasteiger partial charge in [0.15, 0.2) is 11.9 Å². The lowest BCUT2D eigenvalue weighted by Gasteiger charge is -2.19. The van der Waals surface area contributed by atoms with Gasteiger partial charge in [0.1, 0.15) is 12.7 Å². The minimum absolute atomic E-state index is 0.262. The molecule has 0 bridgehead atoms. The van der Waals surface area contributed by atoms with Crippen molar-refractivity contribution < 1.29 is 34.4 Å². The van der Waals surface area contributed by atoms with Gasteiger partial charge in [0.2, 0.25) is 5.76 Å². The molecule has 0 aromatic carbocycles. The van der Waals surface area contributed by atoms with Crippen molar-refractivity contribution in [1.29, 1.82) is 0 Å². The van der Waals surface area contributed by atoms with E-state index in [1.54, 1.807) is 0 Å². The van der Waals surface area contributed by atoms with Crippen molar-refractivity contribution in [3.05, 3.63) is 11.5 Å². The van der Waals surface area contributed by atoms with Crippen LogP contribution >= 0.6 is 0 Å². The predicted octanol–water partition coefficient (Wildman–Crippen LogP) is 6.04. The van der Waals surface area contributed by atoms with E-state index in [1.165, 1.54) is 70.6 Å². The number of aliphatic hydroxyl groups is 3. The van der Waals surface area contributed by atoms with Gasteiger partial charge in [-0.3, -0.25) is 4.79 Å². The predicted molar refractivity (Wildman–Crippen MR) is 128 cm³/mol. The van der Waals surface area contributed by atoms with Crippen LogP contribution in [0.2, 0.25) is 0 Å². The molecule has 1 unspecified atom stereocenters. The zero-order valence-electron chi connectivity index (χ0n) is 20.7. The zero-order valence-corrected chi connectivity index (χ0v) is 20.7. The van der Waals surface area contributed by atoms with E-state index in [2.05, 4.69) is 13.8 Å². The third-order valence-electron chi connectivity index (χ3n) is 6.34. The molecule has 0 aromatic rings. The molecule has 192 valence electrons. The van der Waals surface area contributed by atoms with Gasteiger partial charge in [-0.1, -0.05) is 97.3 Å². The fraction of sp³-hybridized carbons (Fsp3) is 0.846. The van der Waals surface area contributed by atoms with Crippen LogP contribution in [0.5, 0.6) is 0 Å². The Morgan fingerprint density at radius 1 is 0.879 bits per heavy atom. The van der Waals surface area contributed by atoms with Crippen molar-refractivity contribution in [2.75, 3.05) is 6.61 Å². The van der Waals surface area contributed by atoms with E-state index in [0.717, 1.165) is 25.7 Å². The first-order chi connectivity index (χ1) is 15.9. The minimum Gasteiger partial charge on any atom is -0.505 e. The molecule has 1 aliphatic heterocycles. The van der Waals surface area contributed by atoms with E-state index in [1.807, 2.05) is 0 Å². The van der Waals surface area contributed by atoms with Gasteiger partial charge in [-0.2, -0.15) is 0 Å². The number of carbonyl (C=O) groups is 2. The summed E-state index contributed by atoms with van der Waals surface area (Å²) in [6.45, 7) is 4.02. The summed E-state index contributed by atoms with van der Waals surface area (Å²) in [5.74, 6) is -2.89. The molecule has 0 saturated carbocycles. The molecule has 3 N–H and O–H groups in total. The van der Waals surface area contributed by atoms with E-state index < -0.39 is 42.3 Å². The van der Waals surface area contributed by atoms with E-state index in [-0.39, 0.29) is 5.92 Å². The highest BCUT2D eigenvalue weighted by atomic mass is 16.6. The fourth-order valence-corrected chi connectivity index (χ4v) is 4.24. The van der Waals surface area contributed by atoms with E-state index >= 15 is 0 Å². The van der Waals surface area contributed by atoms with E-state index in [4.69, 9.17) is 9.47 Å². The van der Waals surface area contributed by atoms with Gasteiger partial charge in [-0.05, 0) is 18.8 Å². The SMILES string of the molecule is CCCCCCCCCC(CCCCCCCC)CC(=O)OC[C@H](O)[C@H]1OC(=O)C(O)=C1O. The average molecular weight is 471 g/mol. The molecule has 0 amide bonds. The van der Waals surface area contributed by atoms with Crippen molar-refractivity contribution in [2.45, 2.75) is 129 Å². The summed E-state index contributed by atoms with van der Waals surface area (Å²) < 4.78 is 9.90. The van der Waals surface area contributed by atoms with Crippen LogP contribution in [0.15, 0.2) is 11.5 Å². The number of aliphatic hydroxyl groups excluding tert-OH is 3. The highest BCUT2D eigenvalue weighted by Crippen LogP contribution is 2.24. The Morgan fingerprint density at radius 3 is 1.82 bits per heavy atom. The number of unbranched alkanes of at least 4 members (excludes halogenated alkanes) is 11. The summed E-state index contributed by atoms with van der Waals surface area (Å²) >= 11 is 0. The van der Waals surface area contributed by atoms with Crippen molar-refractivity contribution in [3.8, 4) is 0 Å². The molecule has 0 aromatic heterocycles. The van der Waals surface area contributed by atoms with Crippen molar-refractivity contribution in [2.24, 2.45) is 5.92 Å². The molecule has 0 radical (unpaired) electrons. The second-order valence-corrected chi connectivity index (χ2v) is 9.35. The molecular formula is C26H46O7. The molecule has 7 heteroatoms. The first-order valence-corrected chi connectivity index (χ1v) is 13.1. The van der Waals surface area contributed by atoms with Gasteiger partial charge < -0.3 is 24.8 Å². The normalized spacial score (nSPS) is 17.8. The Kier molecular flexibility index (Phi) is 15.7. The van der Waals surface area contributed by atoms with E-state index in [9.17, 15) is 24.9 Å². The van der Waals surface area contributed by atoms with Crippen LogP contribution in [0.4, 0.5) is 0 Å². The molecule has 1 heterocycles. The average Bonchev–Trinajstić information content (AvgIpc) is 3.06. The van der Waals surface area contributed by atoms with Gasteiger partial charge >= 0.3 is 11.9 Å². The molecule has 1 aliphatic rings. The third-order valence-corrected chi connectivity index (χ3v) is 6.34. The number of ether oxygens (including phenoxy) is 2. The summed E-state index contributed by atoms with van der Waals surface area (Å²) in [7, 11) is 0. The van der Waals surface area contributed by atoms with Crippen LogP contribution in [0, 0.1) is 5.92 Å².